The molecule has 0 N–H and O–H groups in total. The summed E-state index contributed by atoms with van der Waals surface area (Å²) in [5.74, 6) is 0. The summed E-state index contributed by atoms with van der Waals surface area (Å²) in [6.07, 6.45) is 5.28. The fourth-order valence-electron chi connectivity index (χ4n) is 2.12. The summed E-state index contributed by atoms with van der Waals surface area (Å²) in [4.78, 5) is 9.53. The van der Waals surface area contributed by atoms with Crippen LogP contribution in [-0.2, 0) is 0 Å². The Morgan fingerprint density at radius 1 is 1.32 bits per heavy atom. The molecule has 0 fully saturated rings. The second-order valence-electron chi connectivity index (χ2n) is 5.53. The lowest BCUT2D eigenvalue weighted by atomic mass is 10.2. The van der Waals surface area contributed by atoms with Gasteiger partial charge in [0, 0.05) is 33.9 Å². The number of aromatic nitrogens is 2. The third-order valence-corrected chi connectivity index (χ3v) is 4.42. The Balaban J connectivity index is 2.06. The molecule has 0 bridgehead atoms. The number of hydrogen-bond donors (Lipinski definition) is 0. The molecule has 0 radical (unpaired) electrons. The van der Waals surface area contributed by atoms with Crippen molar-refractivity contribution in [1.82, 2.24) is 9.66 Å². The van der Waals surface area contributed by atoms with Gasteiger partial charge in [0.2, 0.25) is 4.80 Å². The number of nitrogens with zero attached hydrogens (tertiary/aromatic N) is 4. The minimum Gasteiger partial charge on any atom is -0.264 e. The molecule has 0 saturated heterocycles. The molecule has 3 rings (SSSR count). The van der Waals surface area contributed by atoms with Crippen LogP contribution in [0.25, 0.3) is 11.3 Å². The zero-order valence-electron chi connectivity index (χ0n) is 13.8. The van der Waals surface area contributed by atoms with E-state index in [0.717, 1.165) is 27.2 Å². The van der Waals surface area contributed by atoms with Crippen molar-refractivity contribution in [1.29, 1.82) is 0 Å². The monoisotopic (exact) mass is 368 g/mol. The normalized spacial score (nSPS) is 12.0. The first-order valence-corrected chi connectivity index (χ1v) is 8.95. The van der Waals surface area contributed by atoms with Gasteiger partial charge in [-0.2, -0.15) is 5.10 Å². The zero-order valence-corrected chi connectivity index (χ0v) is 15.3. The second-order valence-corrected chi connectivity index (χ2v) is 6.80. The Kier molecular flexibility index (Phi) is 5.58. The van der Waals surface area contributed by atoms with Gasteiger partial charge in [-0.15, -0.1) is 11.3 Å². The molecule has 0 saturated carbocycles. The SMILES string of the molecule is C=C(C)CN=c1scc(-c2ccc(Cl)cc2)n1N=Cc1cccnc1. The first-order valence-electron chi connectivity index (χ1n) is 7.69. The molecule has 1 aromatic carbocycles. The van der Waals surface area contributed by atoms with Crippen LogP contribution in [0.15, 0.2) is 76.4 Å². The van der Waals surface area contributed by atoms with E-state index in [1.165, 1.54) is 0 Å². The molecule has 0 aliphatic heterocycles. The summed E-state index contributed by atoms with van der Waals surface area (Å²) >= 11 is 7.55. The number of pyridine rings is 1. The molecule has 0 atom stereocenters. The molecule has 0 aliphatic carbocycles. The molecule has 126 valence electrons. The maximum absolute atomic E-state index is 6.00. The third kappa shape index (κ3) is 4.53. The topological polar surface area (TPSA) is 42.5 Å². The van der Waals surface area contributed by atoms with E-state index in [1.807, 2.05) is 53.4 Å². The minimum absolute atomic E-state index is 0.572. The van der Waals surface area contributed by atoms with Crippen LogP contribution in [0.3, 0.4) is 0 Å². The predicted molar refractivity (Wildman–Crippen MR) is 105 cm³/mol. The number of halogens is 1. The van der Waals surface area contributed by atoms with Gasteiger partial charge in [-0.3, -0.25) is 9.98 Å². The van der Waals surface area contributed by atoms with E-state index in [-0.39, 0.29) is 0 Å². The van der Waals surface area contributed by atoms with E-state index in [4.69, 9.17) is 11.6 Å². The van der Waals surface area contributed by atoms with Crippen molar-refractivity contribution in [3.63, 3.8) is 0 Å². The molecule has 6 heteroatoms. The molecule has 2 aromatic heterocycles. The highest BCUT2D eigenvalue weighted by Crippen LogP contribution is 2.22. The maximum Gasteiger partial charge on any atom is 0.206 e. The lowest BCUT2D eigenvalue weighted by Gasteiger charge is -2.04. The van der Waals surface area contributed by atoms with Crippen molar-refractivity contribution in [3.8, 4) is 11.3 Å². The van der Waals surface area contributed by atoms with Crippen molar-refractivity contribution in [2.75, 3.05) is 6.54 Å². The van der Waals surface area contributed by atoms with Crippen LogP contribution >= 0.6 is 22.9 Å². The van der Waals surface area contributed by atoms with Crippen LogP contribution in [0, 0.1) is 0 Å². The van der Waals surface area contributed by atoms with Gasteiger partial charge < -0.3 is 0 Å². The van der Waals surface area contributed by atoms with Gasteiger partial charge >= 0.3 is 0 Å². The highest BCUT2D eigenvalue weighted by atomic mass is 35.5. The smallest absolute Gasteiger partial charge is 0.206 e. The van der Waals surface area contributed by atoms with Crippen molar-refractivity contribution >= 4 is 29.2 Å². The standard InChI is InChI=1S/C19H17ClN4S/c1-14(2)10-22-19-24(23-12-15-4-3-9-21-11-15)18(13-25-19)16-5-7-17(20)8-6-16/h3-9,11-13H,1,10H2,2H3. The Labute approximate surface area is 155 Å². The quantitative estimate of drug-likeness (QED) is 0.478. The maximum atomic E-state index is 6.00. The van der Waals surface area contributed by atoms with Gasteiger partial charge in [0.1, 0.15) is 0 Å². The molecule has 0 aliphatic rings. The Morgan fingerprint density at radius 2 is 2.12 bits per heavy atom. The average molecular weight is 369 g/mol. The molecule has 0 spiro atoms. The fraction of sp³-hybridized carbons (Fsp3) is 0.105. The van der Waals surface area contributed by atoms with E-state index in [9.17, 15) is 0 Å². The van der Waals surface area contributed by atoms with Gasteiger partial charge in [-0.1, -0.05) is 42.0 Å². The van der Waals surface area contributed by atoms with Crippen molar-refractivity contribution in [2.45, 2.75) is 6.92 Å². The van der Waals surface area contributed by atoms with Crippen molar-refractivity contribution in [3.05, 3.63) is 81.7 Å². The lowest BCUT2D eigenvalue weighted by Crippen LogP contribution is -2.13. The van der Waals surface area contributed by atoms with E-state index in [0.29, 0.717) is 11.6 Å². The molecular formula is C19H17ClN4S. The van der Waals surface area contributed by atoms with Gasteiger partial charge in [-0.05, 0) is 25.1 Å². The van der Waals surface area contributed by atoms with Gasteiger partial charge in [0.05, 0.1) is 18.5 Å². The largest absolute Gasteiger partial charge is 0.264 e. The van der Waals surface area contributed by atoms with Gasteiger partial charge in [0.15, 0.2) is 0 Å². The first kappa shape index (κ1) is 17.3. The van der Waals surface area contributed by atoms with Crippen molar-refractivity contribution in [2.24, 2.45) is 10.1 Å². The number of thiazole rings is 1. The predicted octanol–water partition coefficient (Wildman–Crippen LogP) is 4.62. The van der Waals surface area contributed by atoms with Crippen LogP contribution in [-0.4, -0.2) is 22.4 Å². The third-order valence-electron chi connectivity index (χ3n) is 3.32. The average Bonchev–Trinajstić information content (AvgIpc) is 3.02. The summed E-state index contributed by atoms with van der Waals surface area (Å²) in [7, 11) is 0. The lowest BCUT2D eigenvalue weighted by molar-refractivity contribution is 0.836. The summed E-state index contributed by atoms with van der Waals surface area (Å²) < 4.78 is 1.84. The fourth-order valence-corrected chi connectivity index (χ4v) is 3.08. The van der Waals surface area contributed by atoms with Crippen LogP contribution in [0.2, 0.25) is 5.02 Å². The van der Waals surface area contributed by atoms with Gasteiger partial charge in [0.25, 0.3) is 0 Å². The van der Waals surface area contributed by atoms with E-state index < -0.39 is 0 Å². The second kappa shape index (κ2) is 8.05. The highest BCUT2D eigenvalue weighted by molar-refractivity contribution is 7.07. The minimum atomic E-state index is 0.572. The van der Waals surface area contributed by atoms with Crippen LogP contribution in [0.4, 0.5) is 0 Å². The van der Waals surface area contributed by atoms with E-state index in [2.05, 4.69) is 21.7 Å². The number of rotatable bonds is 5. The Bertz CT molecular complexity index is 953. The molecule has 3 aromatic rings. The van der Waals surface area contributed by atoms with Crippen LogP contribution in [0.1, 0.15) is 12.5 Å². The molecule has 4 nitrogen and oxygen atoms in total. The zero-order chi connectivity index (χ0) is 17.6. The van der Waals surface area contributed by atoms with Crippen LogP contribution in [0.5, 0.6) is 0 Å². The molecular weight excluding hydrogens is 352 g/mol. The number of hydrogen-bond acceptors (Lipinski definition) is 4. The summed E-state index contributed by atoms with van der Waals surface area (Å²) in [6.45, 7) is 6.44. The molecule has 25 heavy (non-hydrogen) atoms. The van der Waals surface area contributed by atoms with Crippen molar-refractivity contribution < 1.29 is 0 Å². The van der Waals surface area contributed by atoms with E-state index >= 15 is 0 Å². The summed E-state index contributed by atoms with van der Waals surface area (Å²) in [5.41, 5.74) is 3.92. The van der Waals surface area contributed by atoms with E-state index in [1.54, 1.807) is 29.9 Å². The Hall–Kier alpha value is -2.50. The molecule has 0 unspecified atom stereocenters. The van der Waals surface area contributed by atoms with Gasteiger partial charge in [-0.25, -0.2) is 4.68 Å². The molecule has 2 heterocycles. The first-order chi connectivity index (χ1) is 12.1. The summed E-state index contributed by atoms with van der Waals surface area (Å²) in [5, 5.41) is 7.37. The van der Waals surface area contributed by atoms with Crippen LogP contribution < -0.4 is 4.80 Å². The Morgan fingerprint density at radius 3 is 2.80 bits per heavy atom. The number of benzene rings is 1. The highest BCUT2D eigenvalue weighted by Gasteiger charge is 2.07. The molecule has 0 amide bonds. The summed E-state index contributed by atoms with van der Waals surface area (Å²) in [6, 6.07) is 11.5.